The molecule has 6 nitrogen and oxygen atoms in total. The third-order valence-corrected chi connectivity index (χ3v) is 2.09. The Kier molecular flexibility index (Phi) is 3.78. The molecule has 76 valence electrons. The van der Waals surface area contributed by atoms with E-state index in [1.165, 1.54) is 0 Å². The minimum absolute atomic E-state index is 0.261. The Hall–Kier alpha value is -1.21. The molecule has 8 heteroatoms. The van der Waals surface area contributed by atoms with Crippen molar-refractivity contribution in [2.75, 3.05) is 11.2 Å². The van der Waals surface area contributed by atoms with E-state index in [-0.39, 0.29) is 5.88 Å². The van der Waals surface area contributed by atoms with Gasteiger partial charge in [-0.2, -0.15) is 4.37 Å². The van der Waals surface area contributed by atoms with E-state index in [0.29, 0.717) is 11.0 Å². The highest BCUT2D eigenvalue weighted by Crippen LogP contribution is 2.09. The van der Waals surface area contributed by atoms with E-state index in [2.05, 4.69) is 14.7 Å². The standard InChI is InChI=1S/C6H7ClN4O2S/c1-3-8-6(14-11-3)10-5(13)9-4(12)2-7/h2H2,1H3,(H2,8,9,10,11,12,13). The number of hydrogen-bond donors (Lipinski definition) is 2. The SMILES string of the molecule is Cc1nsc(NC(=O)NC(=O)CCl)n1. The number of nitrogens with one attached hydrogen (secondary N) is 2. The van der Waals surface area contributed by atoms with E-state index in [4.69, 9.17) is 11.6 Å². The molecule has 0 aliphatic rings. The fourth-order valence-corrected chi connectivity index (χ4v) is 1.27. The second kappa shape index (κ2) is 4.87. The van der Waals surface area contributed by atoms with Crippen molar-refractivity contribution in [2.24, 2.45) is 0 Å². The molecule has 0 saturated heterocycles. The highest BCUT2D eigenvalue weighted by atomic mass is 35.5. The minimum atomic E-state index is -0.660. The monoisotopic (exact) mass is 234 g/mol. The third kappa shape index (κ3) is 3.27. The molecule has 0 atom stereocenters. The Morgan fingerprint density at radius 1 is 1.57 bits per heavy atom. The van der Waals surface area contributed by atoms with Gasteiger partial charge in [-0.25, -0.2) is 9.78 Å². The summed E-state index contributed by atoms with van der Waals surface area (Å²) >= 11 is 6.22. The van der Waals surface area contributed by atoms with Gasteiger partial charge in [-0.05, 0) is 6.92 Å². The van der Waals surface area contributed by atoms with Gasteiger partial charge in [0.2, 0.25) is 11.0 Å². The van der Waals surface area contributed by atoms with Crippen LogP contribution in [0.2, 0.25) is 0 Å². The molecule has 0 spiro atoms. The lowest BCUT2D eigenvalue weighted by atomic mass is 10.7. The number of carbonyl (C=O) groups excluding carboxylic acids is 2. The van der Waals surface area contributed by atoms with Gasteiger partial charge in [0.25, 0.3) is 0 Å². The second-order valence-electron chi connectivity index (χ2n) is 2.28. The Morgan fingerprint density at radius 2 is 2.29 bits per heavy atom. The number of urea groups is 1. The van der Waals surface area contributed by atoms with E-state index in [1.807, 2.05) is 5.32 Å². The van der Waals surface area contributed by atoms with Gasteiger partial charge in [-0.15, -0.1) is 11.6 Å². The van der Waals surface area contributed by atoms with Crippen molar-refractivity contribution < 1.29 is 9.59 Å². The van der Waals surface area contributed by atoms with Gasteiger partial charge in [0.05, 0.1) is 0 Å². The summed E-state index contributed by atoms with van der Waals surface area (Å²) < 4.78 is 3.85. The highest BCUT2D eigenvalue weighted by Gasteiger charge is 2.08. The molecule has 0 aliphatic carbocycles. The molecule has 3 amide bonds. The van der Waals surface area contributed by atoms with Gasteiger partial charge in [0, 0.05) is 11.5 Å². The molecule has 1 rings (SSSR count). The fourth-order valence-electron chi connectivity index (χ4n) is 0.636. The van der Waals surface area contributed by atoms with Crippen molar-refractivity contribution in [1.29, 1.82) is 0 Å². The summed E-state index contributed by atoms with van der Waals surface area (Å²) in [5.74, 6) is -0.262. The van der Waals surface area contributed by atoms with Crippen LogP contribution in [0.1, 0.15) is 5.82 Å². The molecule has 2 N–H and O–H groups in total. The first-order chi connectivity index (χ1) is 6.61. The molecule has 1 heterocycles. The maximum absolute atomic E-state index is 11.0. The quantitative estimate of drug-likeness (QED) is 0.739. The smallest absolute Gasteiger partial charge is 0.282 e. The van der Waals surface area contributed by atoms with Gasteiger partial charge in [-0.3, -0.25) is 15.4 Å². The number of aromatic nitrogens is 2. The predicted octanol–water partition coefficient (Wildman–Crippen LogP) is 0.733. The van der Waals surface area contributed by atoms with Gasteiger partial charge < -0.3 is 0 Å². The molecule has 0 aliphatic heterocycles. The number of imide groups is 1. The van der Waals surface area contributed by atoms with Crippen molar-refractivity contribution in [2.45, 2.75) is 6.92 Å². The summed E-state index contributed by atoms with van der Waals surface area (Å²) in [5, 5.41) is 4.68. The van der Waals surface area contributed by atoms with Crippen LogP contribution in [-0.4, -0.2) is 27.2 Å². The first-order valence-corrected chi connectivity index (χ1v) is 4.89. The van der Waals surface area contributed by atoms with Crippen molar-refractivity contribution in [3.8, 4) is 0 Å². The van der Waals surface area contributed by atoms with Crippen LogP contribution in [0.3, 0.4) is 0 Å². The molecule has 0 unspecified atom stereocenters. The van der Waals surface area contributed by atoms with Crippen LogP contribution in [0.15, 0.2) is 0 Å². The molecule has 0 fully saturated rings. The fraction of sp³-hybridized carbons (Fsp3) is 0.333. The minimum Gasteiger partial charge on any atom is -0.282 e. The van der Waals surface area contributed by atoms with Gasteiger partial charge in [-0.1, -0.05) is 0 Å². The molecule has 0 aromatic carbocycles. The number of anilines is 1. The molecular formula is C6H7ClN4O2S. The largest absolute Gasteiger partial charge is 0.327 e. The highest BCUT2D eigenvalue weighted by molar-refractivity contribution is 7.09. The Morgan fingerprint density at radius 3 is 2.79 bits per heavy atom. The summed E-state index contributed by atoms with van der Waals surface area (Å²) in [7, 11) is 0. The summed E-state index contributed by atoms with van der Waals surface area (Å²) in [5.41, 5.74) is 0. The molecule has 14 heavy (non-hydrogen) atoms. The molecule has 0 saturated carbocycles. The molecule has 0 radical (unpaired) electrons. The Balaban J connectivity index is 2.45. The average Bonchev–Trinajstić information content (AvgIpc) is 2.50. The van der Waals surface area contributed by atoms with E-state index >= 15 is 0 Å². The number of halogens is 1. The number of aryl methyl sites for hydroxylation is 1. The lowest BCUT2D eigenvalue weighted by Crippen LogP contribution is -2.35. The normalized spacial score (nSPS) is 9.57. The predicted molar refractivity (Wildman–Crippen MR) is 52.5 cm³/mol. The summed E-state index contributed by atoms with van der Waals surface area (Å²) in [4.78, 5) is 25.6. The maximum atomic E-state index is 11.0. The van der Waals surface area contributed by atoms with Crippen LogP contribution in [0.5, 0.6) is 0 Å². The summed E-state index contributed by atoms with van der Waals surface area (Å²) in [6.45, 7) is 1.70. The summed E-state index contributed by atoms with van der Waals surface area (Å²) in [6, 6.07) is -0.660. The first kappa shape index (κ1) is 10.9. The van der Waals surface area contributed by atoms with Gasteiger partial charge in [0.15, 0.2) is 0 Å². The zero-order valence-electron chi connectivity index (χ0n) is 7.20. The number of nitrogens with zero attached hydrogens (tertiary/aromatic N) is 2. The molecule has 1 aromatic heterocycles. The first-order valence-electron chi connectivity index (χ1n) is 3.59. The number of amides is 3. The Labute approximate surface area is 88.8 Å². The molecule has 0 bridgehead atoms. The molecule has 1 aromatic rings. The van der Waals surface area contributed by atoms with Crippen LogP contribution in [0.4, 0.5) is 9.93 Å². The van der Waals surface area contributed by atoms with E-state index < -0.39 is 11.9 Å². The number of carbonyl (C=O) groups is 2. The number of alkyl halides is 1. The van der Waals surface area contributed by atoms with Crippen LogP contribution in [0.25, 0.3) is 0 Å². The summed E-state index contributed by atoms with van der Waals surface area (Å²) in [6.07, 6.45) is 0. The second-order valence-corrected chi connectivity index (χ2v) is 3.30. The third-order valence-electron chi connectivity index (χ3n) is 1.12. The Bertz CT molecular complexity index is 353. The van der Waals surface area contributed by atoms with E-state index in [0.717, 1.165) is 11.5 Å². The van der Waals surface area contributed by atoms with Crippen molar-refractivity contribution >= 4 is 40.2 Å². The van der Waals surface area contributed by atoms with Crippen molar-refractivity contribution in [3.63, 3.8) is 0 Å². The van der Waals surface area contributed by atoms with Crippen LogP contribution in [-0.2, 0) is 4.79 Å². The van der Waals surface area contributed by atoms with Gasteiger partial charge in [0.1, 0.15) is 11.7 Å². The zero-order chi connectivity index (χ0) is 10.6. The van der Waals surface area contributed by atoms with Crippen LogP contribution < -0.4 is 10.6 Å². The lowest BCUT2D eigenvalue weighted by molar-refractivity contribution is -0.117. The van der Waals surface area contributed by atoms with Crippen LogP contribution in [0, 0.1) is 6.92 Å². The van der Waals surface area contributed by atoms with E-state index in [9.17, 15) is 9.59 Å². The zero-order valence-corrected chi connectivity index (χ0v) is 8.78. The number of hydrogen-bond acceptors (Lipinski definition) is 5. The average molecular weight is 235 g/mol. The lowest BCUT2D eigenvalue weighted by Gasteiger charge is -2.00. The maximum Gasteiger partial charge on any atom is 0.327 e. The van der Waals surface area contributed by atoms with E-state index in [1.54, 1.807) is 6.92 Å². The number of rotatable bonds is 2. The molecular weight excluding hydrogens is 228 g/mol. The van der Waals surface area contributed by atoms with Gasteiger partial charge >= 0.3 is 6.03 Å². The topological polar surface area (TPSA) is 84.0 Å². The van der Waals surface area contributed by atoms with Crippen molar-refractivity contribution in [1.82, 2.24) is 14.7 Å². The van der Waals surface area contributed by atoms with Crippen molar-refractivity contribution in [3.05, 3.63) is 5.82 Å². The van der Waals surface area contributed by atoms with Crippen LogP contribution >= 0.6 is 23.1 Å².